The summed E-state index contributed by atoms with van der Waals surface area (Å²) in [5.74, 6) is 2.09. The molecule has 0 saturated heterocycles. The van der Waals surface area contributed by atoms with Crippen LogP contribution < -0.4 is 10.6 Å². The Hall–Kier alpha value is -2.61. The number of benzene rings is 1. The van der Waals surface area contributed by atoms with Crippen LogP contribution in [0.5, 0.6) is 0 Å². The molecule has 0 radical (unpaired) electrons. The maximum absolute atomic E-state index is 9.12. The molecule has 0 fully saturated rings. The highest BCUT2D eigenvalue weighted by Crippen LogP contribution is 2.21. The molecular weight excluding hydrogens is 262 g/mol. The highest BCUT2D eigenvalue weighted by molar-refractivity contribution is 5.65. The van der Waals surface area contributed by atoms with Gasteiger partial charge < -0.3 is 10.6 Å². The third-order valence-corrected chi connectivity index (χ3v) is 2.65. The van der Waals surface area contributed by atoms with Crippen molar-refractivity contribution in [1.29, 1.82) is 5.26 Å². The fraction of sp³-hybridized carbons (Fsp3) is 0.312. The molecule has 1 aromatic carbocycles. The van der Waals surface area contributed by atoms with E-state index in [1.807, 2.05) is 31.2 Å². The molecule has 0 aliphatic heterocycles. The minimum Gasteiger partial charge on any atom is -0.365 e. The molecule has 0 atom stereocenters. The SMILES string of the molecule is Cc1nc(Nc2ccccc2C#N)cc(NC(C)(C)C)n1. The van der Waals surface area contributed by atoms with Crippen LogP contribution in [0.25, 0.3) is 0 Å². The van der Waals surface area contributed by atoms with Gasteiger partial charge in [-0.05, 0) is 39.8 Å². The van der Waals surface area contributed by atoms with Crippen LogP contribution in [0.1, 0.15) is 32.2 Å². The highest BCUT2D eigenvalue weighted by atomic mass is 15.1. The van der Waals surface area contributed by atoms with E-state index in [-0.39, 0.29) is 5.54 Å². The van der Waals surface area contributed by atoms with Gasteiger partial charge in [-0.3, -0.25) is 0 Å². The third-order valence-electron chi connectivity index (χ3n) is 2.65. The normalized spacial score (nSPS) is 10.8. The molecule has 0 aliphatic carbocycles. The summed E-state index contributed by atoms with van der Waals surface area (Å²) in [4.78, 5) is 8.74. The first-order valence-corrected chi connectivity index (χ1v) is 6.77. The van der Waals surface area contributed by atoms with Crippen molar-refractivity contribution < 1.29 is 0 Å². The Balaban J connectivity index is 2.30. The molecule has 108 valence electrons. The van der Waals surface area contributed by atoms with Gasteiger partial charge >= 0.3 is 0 Å². The first-order valence-electron chi connectivity index (χ1n) is 6.77. The van der Waals surface area contributed by atoms with Crippen LogP contribution in [-0.2, 0) is 0 Å². The average Bonchev–Trinajstić information content (AvgIpc) is 2.36. The van der Waals surface area contributed by atoms with E-state index in [9.17, 15) is 0 Å². The Bertz CT molecular complexity index is 680. The molecule has 5 nitrogen and oxygen atoms in total. The minimum atomic E-state index is -0.0807. The molecule has 1 heterocycles. The van der Waals surface area contributed by atoms with Crippen molar-refractivity contribution >= 4 is 17.3 Å². The number of nitrogens with zero attached hydrogens (tertiary/aromatic N) is 3. The number of rotatable bonds is 3. The van der Waals surface area contributed by atoms with Crippen LogP contribution in [0.15, 0.2) is 30.3 Å². The van der Waals surface area contributed by atoms with Crippen molar-refractivity contribution in [3.63, 3.8) is 0 Å². The number of aryl methyl sites for hydroxylation is 1. The smallest absolute Gasteiger partial charge is 0.136 e. The molecule has 2 rings (SSSR count). The summed E-state index contributed by atoms with van der Waals surface area (Å²) >= 11 is 0. The fourth-order valence-corrected chi connectivity index (χ4v) is 1.91. The Morgan fingerprint density at radius 1 is 1.10 bits per heavy atom. The molecule has 0 spiro atoms. The first kappa shape index (κ1) is 14.8. The summed E-state index contributed by atoms with van der Waals surface area (Å²) < 4.78 is 0. The van der Waals surface area contributed by atoms with Crippen LogP contribution in [0.2, 0.25) is 0 Å². The molecule has 0 bridgehead atoms. The van der Waals surface area contributed by atoms with Gasteiger partial charge in [-0.2, -0.15) is 5.26 Å². The molecule has 5 heteroatoms. The first-order chi connectivity index (χ1) is 9.87. The van der Waals surface area contributed by atoms with E-state index in [2.05, 4.69) is 47.4 Å². The Kier molecular flexibility index (Phi) is 4.08. The van der Waals surface area contributed by atoms with Crippen molar-refractivity contribution in [2.45, 2.75) is 33.2 Å². The number of nitriles is 1. The van der Waals surface area contributed by atoms with E-state index in [1.54, 1.807) is 6.07 Å². The second-order valence-corrected chi connectivity index (χ2v) is 5.84. The van der Waals surface area contributed by atoms with Gasteiger partial charge in [0.1, 0.15) is 23.5 Å². The largest absolute Gasteiger partial charge is 0.365 e. The zero-order valence-electron chi connectivity index (χ0n) is 12.7. The maximum Gasteiger partial charge on any atom is 0.136 e. The Morgan fingerprint density at radius 2 is 1.76 bits per heavy atom. The zero-order valence-corrected chi connectivity index (χ0v) is 12.7. The van der Waals surface area contributed by atoms with Crippen LogP contribution in [0, 0.1) is 18.3 Å². The Morgan fingerprint density at radius 3 is 2.43 bits per heavy atom. The predicted molar refractivity (Wildman–Crippen MR) is 84.6 cm³/mol. The van der Waals surface area contributed by atoms with Gasteiger partial charge in [0.15, 0.2) is 0 Å². The zero-order chi connectivity index (χ0) is 15.5. The van der Waals surface area contributed by atoms with Crippen molar-refractivity contribution in [3.05, 3.63) is 41.7 Å². The van der Waals surface area contributed by atoms with E-state index < -0.39 is 0 Å². The maximum atomic E-state index is 9.12. The van der Waals surface area contributed by atoms with Crippen molar-refractivity contribution in [2.75, 3.05) is 10.6 Å². The van der Waals surface area contributed by atoms with Crippen molar-refractivity contribution in [3.8, 4) is 6.07 Å². The van der Waals surface area contributed by atoms with Crippen molar-refractivity contribution in [1.82, 2.24) is 9.97 Å². The van der Waals surface area contributed by atoms with Crippen molar-refractivity contribution in [2.24, 2.45) is 0 Å². The predicted octanol–water partition coefficient (Wildman–Crippen LogP) is 3.61. The van der Waals surface area contributed by atoms with Crippen LogP contribution in [0.4, 0.5) is 17.3 Å². The van der Waals surface area contributed by atoms with Gasteiger partial charge in [-0.15, -0.1) is 0 Å². The van der Waals surface area contributed by atoms with Crippen LogP contribution >= 0.6 is 0 Å². The lowest BCUT2D eigenvalue weighted by Gasteiger charge is -2.21. The van der Waals surface area contributed by atoms with Crippen LogP contribution in [0.3, 0.4) is 0 Å². The summed E-state index contributed by atoms with van der Waals surface area (Å²) in [7, 11) is 0. The third kappa shape index (κ3) is 4.18. The molecule has 21 heavy (non-hydrogen) atoms. The molecule has 2 aromatic rings. The van der Waals surface area contributed by atoms with E-state index in [4.69, 9.17) is 5.26 Å². The van der Waals surface area contributed by atoms with Gasteiger partial charge in [0.25, 0.3) is 0 Å². The monoisotopic (exact) mass is 281 g/mol. The lowest BCUT2D eigenvalue weighted by molar-refractivity contribution is 0.629. The van der Waals surface area contributed by atoms with E-state index in [1.165, 1.54) is 0 Å². The molecule has 2 N–H and O–H groups in total. The molecule has 1 aromatic heterocycles. The summed E-state index contributed by atoms with van der Waals surface area (Å²) in [6, 6.07) is 11.3. The minimum absolute atomic E-state index is 0.0807. The molecular formula is C16H19N5. The van der Waals surface area contributed by atoms with Gasteiger partial charge in [0.2, 0.25) is 0 Å². The lowest BCUT2D eigenvalue weighted by atomic mass is 10.1. The van der Waals surface area contributed by atoms with E-state index in [0.717, 1.165) is 11.5 Å². The van der Waals surface area contributed by atoms with Gasteiger partial charge in [0.05, 0.1) is 11.3 Å². The van der Waals surface area contributed by atoms with Crippen LogP contribution in [-0.4, -0.2) is 15.5 Å². The number of anilines is 3. The van der Waals surface area contributed by atoms with E-state index in [0.29, 0.717) is 17.2 Å². The Labute approximate surface area is 125 Å². The summed E-state index contributed by atoms with van der Waals surface area (Å²) in [5.41, 5.74) is 1.24. The molecule has 0 unspecified atom stereocenters. The number of hydrogen-bond acceptors (Lipinski definition) is 5. The number of para-hydroxylation sites is 1. The van der Waals surface area contributed by atoms with Gasteiger partial charge in [0, 0.05) is 11.6 Å². The second-order valence-electron chi connectivity index (χ2n) is 5.84. The summed E-state index contributed by atoms with van der Waals surface area (Å²) in [6.45, 7) is 8.06. The van der Waals surface area contributed by atoms with Gasteiger partial charge in [-0.25, -0.2) is 9.97 Å². The lowest BCUT2D eigenvalue weighted by Crippen LogP contribution is -2.27. The number of hydrogen-bond donors (Lipinski definition) is 2. The second kappa shape index (κ2) is 5.80. The van der Waals surface area contributed by atoms with Gasteiger partial charge in [-0.1, -0.05) is 12.1 Å². The number of aromatic nitrogens is 2. The topological polar surface area (TPSA) is 73.6 Å². The summed E-state index contributed by atoms with van der Waals surface area (Å²) in [6.07, 6.45) is 0. The number of nitrogens with one attached hydrogen (secondary N) is 2. The summed E-state index contributed by atoms with van der Waals surface area (Å²) in [5, 5.41) is 15.6. The standard InChI is InChI=1S/C16H19N5/c1-11-18-14(9-15(19-11)21-16(2,3)4)20-13-8-6-5-7-12(13)10-17/h5-9H,1-4H3,(H2,18,19,20,21). The highest BCUT2D eigenvalue weighted by Gasteiger charge is 2.12. The molecule has 0 saturated carbocycles. The average molecular weight is 281 g/mol. The van der Waals surface area contributed by atoms with E-state index >= 15 is 0 Å². The molecule has 0 amide bonds. The quantitative estimate of drug-likeness (QED) is 0.899. The fourth-order valence-electron chi connectivity index (χ4n) is 1.91. The molecule has 0 aliphatic rings.